The number of nitrogens with one attached hydrogen (secondary N) is 1. The molecule has 1 unspecified atom stereocenters. The summed E-state index contributed by atoms with van der Waals surface area (Å²) < 4.78 is 0. The van der Waals surface area contributed by atoms with Gasteiger partial charge in [-0.2, -0.15) is 0 Å². The monoisotopic (exact) mass is 258 g/mol. The Morgan fingerprint density at radius 1 is 1.38 bits per heavy atom. The van der Waals surface area contributed by atoms with Crippen LogP contribution in [0.5, 0.6) is 0 Å². The third kappa shape index (κ3) is 2.69. The van der Waals surface area contributed by atoms with Crippen molar-refractivity contribution in [1.82, 2.24) is 10.2 Å². The van der Waals surface area contributed by atoms with Gasteiger partial charge in [0.2, 0.25) is 0 Å². The minimum Gasteiger partial charge on any atom is -0.315 e. The molecule has 0 aliphatic carbocycles. The molecule has 1 aliphatic rings. The number of hydrogen-bond donors (Lipinski definition) is 1. The summed E-state index contributed by atoms with van der Waals surface area (Å²) in [6.45, 7) is 2.97. The van der Waals surface area contributed by atoms with E-state index in [1.54, 1.807) is 0 Å². The van der Waals surface area contributed by atoms with Crippen LogP contribution in [-0.2, 0) is 6.54 Å². The number of likely N-dealkylation sites (N-methyl/N-ethyl adjacent to an activating group) is 1. The third-order valence-electron chi connectivity index (χ3n) is 3.13. The third-order valence-corrected chi connectivity index (χ3v) is 3.84. The molecule has 2 nitrogen and oxygen atoms in total. The van der Waals surface area contributed by atoms with E-state index >= 15 is 0 Å². The first kappa shape index (κ1) is 12.2. The Labute approximate surface area is 107 Å². The Morgan fingerprint density at radius 2 is 2.06 bits per heavy atom. The lowest BCUT2D eigenvalue weighted by Crippen LogP contribution is -2.33. The normalized spacial score (nSPS) is 20.6. The molecule has 2 rings (SSSR count). The number of nitrogens with zero attached hydrogens (tertiary/aromatic N) is 1. The fourth-order valence-electron chi connectivity index (χ4n) is 2.08. The lowest BCUT2D eigenvalue weighted by atomic mass is 10.1. The molecule has 16 heavy (non-hydrogen) atoms. The van der Waals surface area contributed by atoms with Gasteiger partial charge in [-0.1, -0.05) is 29.3 Å². The largest absolute Gasteiger partial charge is 0.315 e. The maximum atomic E-state index is 6.15. The lowest BCUT2D eigenvalue weighted by Gasteiger charge is -2.24. The van der Waals surface area contributed by atoms with Crippen molar-refractivity contribution in [2.24, 2.45) is 0 Å². The van der Waals surface area contributed by atoms with Crippen molar-refractivity contribution in [1.29, 1.82) is 0 Å². The number of hydrogen-bond acceptors (Lipinski definition) is 2. The van der Waals surface area contributed by atoms with Crippen LogP contribution >= 0.6 is 23.2 Å². The van der Waals surface area contributed by atoms with Crippen molar-refractivity contribution in [2.45, 2.75) is 19.0 Å². The molecule has 1 aromatic carbocycles. The van der Waals surface area contributed by atoms with Crippen LogP contribution in [0.3, 0.4) is 0 Å². The summed E-state index contributed by atoms with van der Waals surface area (Å²) in [7, 11) is 2.12. The van der Waals surface area contributed by atoms with E-state index in [0.717, 1.165) is 35.2 Å². The Balaban J connectivity index is 2.07. The van der Waals surface area contributed by atoms with Crippen molar-refractivity contribution >= 4 is 23.2 Å². The van der Waals surface area contributed by atoms with E-state index in [4.69, 9.17) is 23.2 Å². The second-order valence-corrected chi connectivity index (χ2v) is 5.08. The highest BCUT2D eigenvalue weighted by Gasteiger charge is 2.20. The van der Waals surface area contributed by atoms with E-state index in [2.05, 4.69) is 17.3 Å². The highest BCUT2D eigenvalue weighted by Crippen LogP contribution is 2.26. The highest BCUT2D eigenvalue weighted by atomic mass is 35.5. The molecule has 4 heteroatoms. The van der Waals surface area contributed by atoms with Crippen molar-refractivity contribution in [3.05, 3.63) is 33.8 Å². The van der Waals surface area contributed by atoms with Crippen LogP contribution in [-0.4, -0.2) is 31.1 Å². The van der Waals surface area contributed by atoms with Crippen molar-refractivity contribution in [3.8, 4) is 0 Å². The summed E-state index contributed by atoms with van der Waals surface area (Å²) in [6.07, 6.45) is 1.19. The zero-order valence-electron chi connectivity index (χ0n) is 9.34. The lowest BCUT2D eigenvalue weighted by molar-refractivity contribution is 0.249. The van der Waals surface area contributed by atoms with Gasteiger partial charge in [-0.05, 0) is 32.1 Å². The maximum absolute atomic E-state index is 6.15. The van der Waals surface area contributed by atoms with Crippen molar-refractivity contribution in [2.75, 3.05) is 20.1 Å². The van der Waals surface area contributed by atoms with Crippen molar-refractivity contribution < 1.29 is 0 Å². The summed E-state index contributed by atoms with van der Waals surface area (Å²) in [5, 5.41) is 4.87. The molecule has 0 aromatic heterocycles. The maximum Gasteiger partial charge on any atom is 0.0465 e. The fourth-order valence-corrected chi connectivity index (χ4v) is 2.59. The van der Waals surface area contributed by atoms with Crippen LogP contribution in [0.15, 0.2) is 18.2 Å². The SMILES string of the molecule is CN(Cc1c(Cl)cccc1Cl)C1CCNC1. The minimum atomic E-state index is 0.590. The average Bonchev–Trinajstić information content (AvgIpc) is 2.76. The molecule has 1 N–H and O–H groups in total. The second-order valence-electron chi connectivity index (χ2n) is 4.26. The fraction of sp³-hybridized carbons (Fsp3) is 0.500. The second kappa shape index (κ2) is 5.37. The molecule has 0 saturated carbocycles. The zero-order valence-corrected chi connectivity index (χ0v) is 10.9. The predicted molar refractivity (Wildman–Crippen MR) is 69.2 cm³/mol. The van der Waals surface area contributed by atoms with Gasteiger partial charge in [0.15, 0.2) is 0 Å². The molecule has 1 aliphatic heterocycles. The van der Waals surface area contributed by atoms with E-state index in [-0.39, 0.29) is 0 Å². The van der Waals surface area contributed by atoms with Crippen LogP contribution in [0, 0.1) is 0 Å². The summed E-state index contributed by atoms with van der Waals surface area (Å²) in [6, 6.07) is 6.26. The zero-order chi connectivity index (χ0) is 11.5. The Morgan fingerprint density at radius 3 is 2.62 bits per heavy atom. The van der Waals surface area contributed by atoms with E-state index < -0.39 is 0 Å². The van der Waals surface area contributed by atoms with Gasteiger partial charge >= 0.3 is 0 Å². The van der Waals surface area contributed by atoms with Gasteiger partial charge in [0.05, 0.1) is 0 Å². The van der Waals surface area contributed by atoms with E-state index in [1.165, 1.54) is 6.42 Å². The Kier molecular flexibility index (Phi) is 4.09. The Bertz CT molecular complexity index is 342. The number of rotatable bonds is 3. The molecular weight excluding hydrogens is 243 g/mol. The standard InChI is InChI=1S/C12H16Cl2N2/c1-16(9-5-6-15-7-9)8-10-11(13)3-2-4-12(10)14/h2-4,9,15H,5-8H2,1H3. The number of halogens is 2. The van der Waals surface area contributed by atoms with Crippen LogP contribution in [0.2, 0.25) is 10.0 Å². The summed E-state index contributed by atoms with van der Waals surface area (Å²) in [5.74, 6) is 0. The van der Waals surface area contributed by atoms with Gasteiger partial charge in [-0.3, -0.25) is 4.90 Å². The molecule has 0 bridgehead atoms. The quantitative estimate of drug-likeness (QED) is 0.897. The molecule has 1 heterocycles. The summed E-state index contributed by atoms with van der Waals surface area (Å²) in [4.78, 5) is 2.31. The average molecular weight is 259 g/mol. The first-order valence-electron chi connectivity index (χ1n) is 5.52. The van der Waals surface area contributed by atoms with Gasteiger partial charge in [-0.25, -0.2) is 0 Å². The molecule has 1 atom stereocenters. The van der Waals surface area contributed by atoms with Crippen LogP contribution in [0.4, 0.5) is 0 Å². The van der Waals surface area contributed by atoms with E-state index in [9.17, 15) is 0 Å². The molecule has 0 amide bonds. The topological polar surface area (TPSA) is 15.3 Å². The number of benzene rings is 1. The molecule has 1 aromatic rings. The molecule has 0 radical (unpaired) electrons. The van der Waals surface area contributed by atoms with Gasteiger partial charge in [-0.15, -0.1) is 0 Å². The minimum absolute atomic E-state index is 0.590. The van der Waals surface area contributed by atoms with Gasteiger partial charge in [0.1, 0.15) is 0 Å². The van der Waals surface area contributed by atoms with Crippen molar-refractivity contribution in [3.63, 3.8) is 0 Å². The summed E-state index contributed by atoms with van der Waals surface area (Å²) >= 11 is 12.3. The van der Waals surface area contributed by atoms with Gasteiger partial charge in [0.25, 0.3) is 0 Å². The first-order valence-corrected chi connectivity index (χ1v) is 6.28. The van der Waals surface area contributed by atoms with E-state index in [0.29, 0.717) is 6.04 Å². The smallest absolute Gasteiger partial charge is 0.0465 e. The van der Waals surface area contributed by atoms with E-state index in [1.807, 2.05) is 18.2 Å². The molecule has 88 valence electrons. The highest BCUT2D eigenvalue weighted by molar-refractivity contribution is 6.35. The molecule has 1 saturated heterocycles. The van der Waals surface area contributed by atoms with Crippen LogP contribution in [0.1, 0.15) is 12.0 Å². The summed E-state index contributed by atoms with van der Waals surface area (Å²) in [5.41, 5.74) is 1.03. The predicted octanol–water partition coefficient (Wildman–Crippen LogP) is 2.79. The van der Waals surface area contributed by atoms with Gasteiger partial charge < -0.3 is 5.32 Å². The van der Waals surface area contributed by atoms with Crippen LogP contribution in [0.25, 0.3) is 0 Å². The van der Waals surface area contributed by atoms with Crippen LogP contribution < -0.4 is 5.32 Å². The van der Waals surface area contributed by atoms with Gasteiger partial charge in [0, 0.05) is 34.7 Å². The molecular formula is C12H16Cl2N2. The Hall–Kier alpha value is -0.280. The molecule has 1 fully saturated rings. The first-order chi connectivity index (χ1) is 7.68. The molecule has 0 spiro atoms.